The number of anilines is 1. The van der Waals surface area contributed by atoms with E-state index >= 15 is 0 Å². The zero-order valence-electron chi connectivity index (χ0n) is 17.4. The topological polar surface area (TPSA) is 115 Å². The maximum absolute atomic E-state index is 11.5. The molecule has 0 aromatic carbocycles. The van der Waals surface area contributed by atoms with Crippen LogP contribution in [0.3, 0.4) is 0 Å². The van der Waals surface area contributed by atoms with Crippen LogP contribution in [0.1, 0.15) is 48.5 Å². The summed E-state index contributed by atoms with van der Waals surface area (Å²) in [5, 5.41) is 17.4. The van der Waals surface area contributed by atoms with E-state index in [0.29, 0.717) is 11.6 Å². The lowest BCUT2D eigenvalue weighted by molar-refractivity contribution is -0.137. The maximum Gasteiger partial charge on any atom is 0.316 e. The molecule has 31 heavy (non-hydrogen) atoms. The predicted molar refractivity (Wildman–Crippen MR) is 114 cm³/mol. The minimum absolute atomic E-state index is 0.100. The zero-order chi connectivity index (χ0) is 21.6. The molecular weight excluding hydrogens is 396 g/mol. The number of ether oxygens (including phenoxy) is 1. The average Bonchev–Trinajstić information content (AvgIpc) is 3.25. The summed E-state index contributed by atoms with van der Waals surface area (Å²) in [7, 11) is 1.49. The van der Waals surface area contributed by atoms with Crippen molar-refractivity contribution in [3.05, 3.63) is 59.8 Å². The van der Waals surface area contributed by atoms with Crippen LogP contribution in [0.2, 0.25) is 0 Å². The van der Waals surface area contributed by atoms with Crippen LogP contribution in [0, 0.1) is 0 Å². The number of methoxy groups -OCH3 is 1. The molecule has 1 aliphatic heterocycles. The van der Waals surface area contributed by atoms with Crippen molar-refractivity contribution in [2.75, 3.05) is 12.4 Å². The van der Waals surface area contributed by atoms with Crippen molar-refractivity contribution in [2.24, 2.45) is 0 Å². The first-order chi connectivity index (χ1) is 15.1. The summed E-state index contributed by atoms with van der Waals surface area (Å²) < 4.78 is 6.79. The standard InChI is InChI=1S/C22H26N6O3/c1-31-22-24-13-16(14-25-22)19(12-20(29)30)28-18(9-11-26-28)6-2-5-17-8-7-15-4-3-10-23-21(15)27-17/h3-4,9-11,13-14,17,19H,2,5-8,12H2,1H3,(H,23,27)(H,29,30). The second-order valence-electron chi connectivity index (χ2n) is 7.67. The normalized spacial score (nSPS) is 16.2. The molecule has 9 nitrogen and oxygen atoms in total. The molecule has 0 spiro atoms. The van der Waals surface area contributed by atoms with E-state index in [4.69, 9.17) is 4.74 Å². The molecule has 3 aromatic heterocycles. The molecule has 0 saturated heterocycles. The van der Waals surface area contributed by atoms with E-state index in [2.05, 4.69) is 31.4 Å². The van der Waals surface area contributed by atoms with Crippen LogP contribution in [0.25, 0.3) is 0 Å². The second kappa shape index (κ2) is 9.55. The van der Waals surface area contributed by atoms with Gasteiger partial charge in [-0.15, -0.1) is 0 Å². The molecule has 1 aliphatic rings. The molecule has 9 heteroatoms. The number of fused-ring (bicyclic) bond motifs is 1. The fourth-order valence-corrected chi connectivity index (χ4v) is 4.05. The summed E-state index contributed by atoms with van der Waals surface area (Å²) in [6.07, 6.45) is 11.5. The Labute approximate surface area is 180 Å². The van der Waals surface area contributed by atoms with Gasteiger partial charge in [0.15, 0.2) is 0 Å². The van der Waals surface area contributed by atoms with Gasteiger partial charge in [0.2, 0.25) is 0 Å². The van der Waals surface area contributed by atoms with Crippen molar-refractivity contribution in [3.63, 3.8) is 0 Å². The minimum Gasteiger partial charge on any atom is -0.481 e. The van der Waals surface area contributed by atoms with Gasteiger partial charge in [-0.1, -0.05) is 6.07 Å². The number of hydrogen-bond donors (Lipinski definition) is 2. The Morgan fingerprint density at radius 1 is 1.29 bits per heavy atom. The molecular formula is C22H26N6O3. The number of pyridine rings is 1. The van der Waals surface area contributed by atoms with Crippen molar-refractivity contribution < 1.29 is 14.6 Å². The van der Waals surface area contributed by atoms with Gasteiger partial charge in [0.25, 0.3) is 0 Å². The molecule has 4 heterocycles. The number of carbonyl (C=O) groups is 1. The lowest BCUT2D eigenvalue weighted by Gasteiger charge is -2.26. The average molecular weight is 422 g/mol. The summed E-state index contributed by atoms with van der Waals surface area (Å²) >= 11 is 0. The summed E-state index contributed by atoms with van der Waals surface area (Å²) in [5.41, 5.74) is 2.95. The number of nitrogens with zero attached hydrogens (tertiary/aromatic N) is 5. The lowest BCUT2D eigenvalue weighted by atomic mass is 9.96. The number of nitrogens with one attached hydrogen (secondary N) is 1. The van der Waals surface area contributed by atoms with E-state index < -0.39 is 12.0 Å². The van der Waals surface area contributed by atoms with Crippen molar-refractivity contribution in [3.8, 4) is 6.01 Å². The number of aromatic nitrogens is 5. The zero-order valence-corrected chi connectivity index (χ0v) is 17.4. The van der Waals surface area contributed by atoms with E-state index in [1.54, 1.807) is 23.3 Å². The number of rotatable bonds is 9. The Morgan fingerprint density at radius 3 is 2.90 bits per heavy atom. The van der Waals surface area contributed by atoms with Gasteiger partial charge in [-0.25, -0.2) is 15.0 Å². The Kier molecular flexibility index (Phi) is 6.40. The number of aliphatic carboxylic acids is 1. The number of hydrogen-bond acceptors (Lipinski definition) is 7. The van der Waals surface area contributed by atoms with Crippen molar-refractivity contribution in [1.29, 1.82) is 0 Å². The molecule has 2 N–H and O–H groups in total. The Balaban J connectivity index is 1.42. The molecule has 2 unspecified atom stereocenters. The van der Waals surface area contributed by atoms with Crippen LogP contribution in [-0.4, -0.2) is 49.0 Å². The minimum atomic E-state index is -0.903. The molecule has 0 amide bonds. The smallest absolute Gasteiger partial charge is 0.316 e. The molecule has 0 saturated carbocycles. The Morgan fingerprint density at radius 2 is 2.13 bits per heavy atom. The van der Waals surface area contributed by atoms with Gasteiger partial charge in [-0.2, -0.15) is 5.10 Å². The highest BCUT2D eigenvalue weighted by Crippen LogP contribution is 2.26. The van der Waals surface area contributed by atoms with Crippen molar-refractivity contribution >= 4 is 11.8 Å². The monoisotopic (exact) mass is 422 g/mol. The summed E-state index contributed by atoms with van der Waals surface area (Å²) in [4.78, 5) is 24.2. The number of carboxylic acids is 1. The van der Waals surface area contributed by atoms with E-state index in [0.717, 1.165) is 43.6 Å². The van der Waals surface area contributed by atoms with Gasteiger partial charge in [-0.3, -0.25) is 9.48 Å². The van der Waals surface area contributed by atoms with Crippen LogP contribution in [0.15, 0.2) is 43.0 Å². The van der Waals surface area contributed by atoms with Gasteiger partial charge in [0, 0.05) is 42.1 Å². The Hall–Kier alpha value is -3.49. The molecule has 162 valence electrons. The predicted octanol–water partition coefficient (Wildman–Crippen LogP) is 2.89. The quantitative estimate of drug-likeness (QED) is 0.541. The second-order valence-corrected chi connectivity index (χ2v) is 7.67. The van der Waals surface area contributed by atoms with Gasteiger partial charge >= 0.3 is 12.0 Å². The van der Waals surface area contributed by atoms with Crippen LogP contribution < -0.4 is 10.1 Å². The number of carboxylic acid groups (broad SMARTS) is 1. The van der Waals surface area contributed by atoms with E-state index in [1.165, 1.54) is 12.7 Å². The van der Waals surface area contributed by atoms with E-state index in [9.17, 15) is 9.90 Å². The molecule has 2 atom stereocenters. The molecule has 4 rings (SSSR count). The van der Waals surface area contributed by atoms with Crippen LogP contribution >= 0.6 is 0 Å². The maximum atomic E-state index is 11.5. The van der Waals surface area contributed by atoms with Gasteiger partial charge in [-0.05, 0) is 49.8 Å². The van der Waals surface area contributed by atoms with Crippen molar-refractivity contribution in [2.45, 2.75) is 50.6 Å². The number of aryl methyl sites for hydroxylation is 2. The largest absolute Gasteiger partial charge is 0.481 e. The summed E-state index contributed by atoms with van der Waals surface area (Å²) in [6, 6.07) is 6.21. The third kappa shape index (κ3) is 4.99. The molecule has 0 bridgehead atoms. The highest BCUT2D eigenvalue weighted by atomic mass is 16.5. The summed E-state index contributed by atoms with van der Waals surface area (Å²) in [5.74, 6) is 0.0876. The SMILES string of the molecule is COc1ncc(C(CC(=O)O)n2nccc2CCCC2CCc3cccnc3N2)cn1. The van der Waals surface area contributed by atoms with E-state index in [1.807, 2.05) is 18.3 Å². The fourth-order valence-electron chi connectivity index (χ4n) is 4.05. The highest BCUT2D eigenvalue weighted by molar-refractivity contribution is 5.68. The third-order valence-corrected chi connectivity index (χ3v) is 5.61. The molecule has 0 fully saturated rings. The molecule has 3 aromatic rings. The van der Waals surface area contributed by atoms with Crippen molar-refractivity contribution in [1.82, 2.24) is 24.7 Å². The first-order valence-electron chi connectivity index (χ1n) is 10.4. The van der Waals surface area contributed by atoms with Crippen LogP contribution in [0.4, 0.5) is 5.82 Å². The molecule has 0 radical (unpaired) electrons. The summed E-state index contributed by atoms with van der Waals surface area (Å²) in [6.45, 7) is 0. The lowest BCUT2D eigenvalue weighted by Crippen LogP contribution is -2.26. The highest BCUT2D eigenvalue weighted by Gasteiger charge is 2.22. The van der Waals surface area contributed by atoms with Crippen LogP contribution in [-0.2, 0) is 17.6 Å². The third-order valence-electron chi connectivity index (χ3n) is 5.61. The Bertz CT molecular complexity index is 1020. The molecule has 0 aliphatic carbocycles. The van der Waals surface area contributed by atoms with E-state index in [-0.39, 0.29) is 12.4 Å². The van der Waals surface area contributed by atoms with Crippen LogP contribution in [0.5, 0.6) is 6.01 Å². The van der Waals surface area contributed by atoms with Gasteiger partial charge in [0.1, 0.15) is 5.82 Å². The first-order valence-corrected chi connectivity index (χ1v) is 10.4. The van der Waals surface area contributed by atoms with Gasteiger partial charge < -0.3 is 15.2 Å². The fraction of sp³-hybridized carbons (Fsp3) is 0.409. The first kappa shape index (κ1) is 20.8. The van der Waals surface area contributed by atoms with Gasteiger partial charge in [0.05, 0.1) is 19.6 Å².